The molecule has 0 atom stereocenters. The van der Waals surface area contributed by atoms with Crippen molar-refractivity contribution < 1.29 is 18.8 Å². The average Bonchev–Trinajstić information content (AvgIpc) is 2.74. The topological polar surface area (TPSA) is 86.0 Å². The van der Waals surface area contributed by atoms with Gasteiger partial charge in [-0.1, -0.05) is 12.1 Å². The van der Waals surface area contributed by atoms with Crippen molar-refractivity contribution in [2.75, 3.05) is 12.5 Å². The molecule has 7 nitrogen and oxygen atoms in total. The van der Waals surface area contributed by atoms with E-state index in [0.29, 0.717) is 17.2 Å². The zero-order chi connectivity index (χ0) is 20.6. The van der Waals surface area contributed by atoms with E-state index >= 15 is 0 Å². The molecule has 0 radical (unpaired) electrons. The van der Waals surface area contributed by atoms with E-state index < -0.39 is 4.92 Å². The maximum atomic E-state index is 13.0. The lowest BCUT2D eigenvalue weighted by Gasteiger charge is -2.11. The fourth-order valence-electron chi connectivity index (χ4n) is 2.46. The molecular weight excluding hydrogens is 377 g/mol. The molecule has 3 aromatic carbocycles. The van der Waals surface area contributed by atoms with E-state index in [1.807, 2.05) is 6.07 Å². The summed E-state index contributed by atoms with van der Waals surface area (Å²) in [7, 11) is 1.54. The van der Waals surface area contributed by atoms with Gasteiger partial charge in [0.25, 0.3) is 5.69 Å². The first kappa shape index (κ1) is 19.8. The van der Waals surface area contributed by atoms with Crippen LogP contribution in [-0.2, 0) is 6.61 Å². The van der Waals surface area contributed by atoms with E-state index in [4.69, 9.17) is 9.47 Å². The molecule has 0 unspecified atom stereocenters. The smallest absolute Gasteiger partial charge is 0.269 e. The zero-order valence-electron chi connectivity index (χ0n) is 15.5. The van der Waals surface area contributed by atoms with Crippen LogP contribution in [0.3, 0.4) is 0 Å². The molecule has 148 valence electrons. The van der Waals surface area contributed by atoms with E-state index in [9.17, 15) is 14.5 Å². The van der Waals surface area contributed by atoms with Crippen molar-refractivity contribution in [1.82, 2.24) is 0 Å². The molecule has 0 fully saturated rings. The Bertz CT molecular complexity index is 1010. The number of nitro groups is 1. The lowest BCUT2D eigenvalue weighted by molar-refractivity contribution is -0.384. The molecule has 0 heterocycles. The van der Waals surface area contributed by atoms with Crippen LogP contribution in [0.25, 0.3) is 0 Å². The van der Waals surface area contributed by atoms with Crippen molar-refractivity contribution in [3.63, 3.8) is 0 Å². The highest BCUT2D eigenvalue weighted by atomic mass is 19.1. The summed E-state index contributed by atoms with van der Waals surface area (Å²) in [6.45, 7) is 0.284. The number of nitro benzene ring substituents is 1. The number of non-ortho nitro benzene ring substituents is 1. The minimum atomic E-state index is -0.459. The molecule has 8 heteroatoms. The Kier molecular flexibility index (Phi) is 6.36. The monoisotopic (exact) mass is 395 g/mol. The second-order valence-corrected chi connectivity index (χ2v) is 6.00. The summed E-state index contributed by atoms with van der Waals surface area (Å²) in [5.74, 6) is 0.793. The molecule has 0 amide bonds. The Morgan fingerprint density at radius 1 is 1.07 bits per heavy atom. The Labute approximate surface area is 166 Å². The normalized spacial score (nSPS) is 10.7. The van der Waals surface area contributed by atoms with Crippen molar-refractivity contribution in [3.8, 4) is 11.5 Å². The minimum Gasteiger partial charge on any atom is -0.493 e. The molecular formula is C21H18FN3O4. The summed E-state index contributed by atoms with van der Waals surface area (Å²) in [5, 5.41) is 14.8. The van der Waals surface area contributed by atoms with Crippen molar-refractivity contribution in [2.45, 2.75) is 6.61 Å². The van der Waals surface area contributed by atoms with Crippen LogP contribution in [0.2, 0.25) is 0 Å². The minimum absolute atomic E-state index is 0.0143. The van der Waals surface area contributed by atoms with Gasteiger partial charge in [-0.15, -0.1) is 0 Å². The Morgan fingerprint density at radius 3 is 2.45 bits per heavy atom. The third-order valence-corrected chi connectivity index (χ3v) is 3.98. The number of nitrogens with zero attached hydrogens (tertiary/aromatic N) is 2. The van der Waals surface area contributed by atoms with E-state index in [1.54, 1.807) is 42.6 Å². The molecule has 0 aromatic heterocycles. The first-order valence-corrected chi connectivity index (χ1v) is 8.64. The first-order valence-electron chi connectivity index (χ1n) is 8.64. The summed E-state index contributed by atoms with van der Waals surface area (Å²) >= 11 is 0. The highest BCUT2D eigenvalue weighted by Crippen LogP contribution is 2.28. The van der Waals surface area contributed by atoms with Crippen LogP contribution in [0.4, 0.5) is 15.8 Å². The van der Waals surface area contributed by atoms with Gasteiger partial charge >= 0.3 is 0 Å². The van der Waals surface area contributed by atoms with Gasteiger partial charge in [-0.05, 0) is 53.6 Å². The summed E-state index contributed by atoms with van der Waals surface area (Å²) in [5.41, 5.74) is 5.05. The van der Waals surface area contributed by atoms with Crippen LogP contribution in [0.5, 0.6) is 11.5 Å². The highest BCUT2D eigenvalue weighted by Gasteiger charge is 2.06. The number of benzene rings is 3. The largest absolute Gasteiger partial charge is 0.493 e. The number of anilines is 1. The van der Waals surface area contributed by atoms with Crippen molar-refractivity contribution in [1.29, 1.82) is 0 Å². The zero-order valence-corrected chi connectivity index (χ0v) is 15.5. The maximum absolute atomic E-state index is 13.0. The Morgan fingerprint density at radius 2 is 1.79 bits per heavy atom. The van der Waals surface area contributed by atoms with Crippen LogP contribution < -0.4 is 14.9 Å². The van der Waals surface area contributed by atoms with E-state index in [-0.39, 0.29) is 18.1 Å². The third-order valence-electron chi connectivity index (χ3n) is 3.98. The van der Waals surface area contributed by atoms with Gasteiger partial charge in [0.2, 0.25) is 0 Å². The summed E-state index contributed by atoms with van der Waals surface area (Å²) < 4.78 is 24.1. The van der Waals surface area contributed by atoms with E-state index in [0.717, 1.165) is 11.1 Å². The fourth-order valence-corrected chi connectivity index (χ4v) is 2.46. The number of rotatable bonds is 8. The van der Waals surface area contributed by atoms with Crippen molar-refractivity contribution in [3.05, 3.63) is 93.8 Å². The van der Waals surface area contributed by atoms with Gasteiger partial charge in [-0.2, -0.15) is 5.10 Å². The lowest BCUT2D eigenvalue weighted by Crippen LogP contribution is -1.99. The quantitative estimate of drug-likeness (QED) is 0.337. The number of hydrazone groups is 1. The SMILES string of the molecule is COc1cc(/C=N\Nc2ccc([N+](=O)[O-])cc2)ccc1OCc1ccc(F)cc1. The molecule has 0 saturated heterocycles. The van der Waals surface area contributed by atoms with Gasteiger partial charge in [0.1, 0.15) is 12.4 Å². The molecule has 0 saturated carbocycles. The van der Waals surface area contributed by atoms with Crippen LogP contribution in [-0.4, -0.2) is 18.2 Å². The highest BCUT2D eigenvalue weighted by molar-refractivity contribution is 5.81. The average molecular weight is 395 g/mol. The molecule has 3 rings (SSSR count). The lowest BCUT2D eigenvalue weighted by atomic mass is 10.2. The molecule has 1 N–H and O–H groups in total. The summed E-state index contributed by atoms with van der Waals surface area (Å²) in [6.07, 6.45) is 1.59. The number of hydrogen-bond donors (Lipinski definition) is 1. The number of ether oxygens (including phenoxy) is 2. The van der Waals surface area contributed by atoms with Crippen molar-refractivity contribution >= 4 is 17.6 Å². The van der Waals surface area contributed by atoms with Crippen LogP contribution in [0.1, 0.15) is 11.1 Å². The van der Waals surface area contributed by atoms with Gasteiger partial charge in [0.15, 0.2) is 11.5 Å². The second kappa shape index (κ2) is 9.32. The first-order chi connectivity index (χ1) is 14.0. The number of halogens is 1. The van der Waals surface area contributed by atoms with Gasteiger partial charge in [0.05, 0.1) is 23.9 Å². The Hall–Kier alpha value is -3.94. The second-order valence-electron chi connectivity index (χ2n) is 6.00. The molecule has 3 aromatic rings. The molecule has 0 aliphatic rings. The fraction of sp³-hybridized carbons (Fsp3) is 0.0952. The van der Waals surface area contributed by atoms with Gasteiger partial charge in [-0.25, -0.2) is 4.39 Å². The Balaban J connectivity index is 1.62. The predicted octanol–water partition coefficient (Wildman–Crippen LogP) is 4.77. The number of methoxy groups -OCH3 is 1. The van der Waals surface area contributed by atoms with Crippen LogP contribution in [0, 0.1) is 15.9 Å². The molecule has 0 aliphatic carbocycles. The maximum Gasteiger partial charge on any atom is 0.269 e. The number of hydrogen-bond acceptors (Lipinski definition) is 6. The number of nitrogens with one attached hydrogen (secondary N) is 1. The van der Waals surface area contributed by atoms with Gasteiger partial charge in [-0.3, -0.25) is 15.5 Å². The third kappa shape index (κ3) is 5.52. The predicted molar refractivity (Wildman–Crippen MR) is 108 cm³/mol. The summed E-state index contributed by atoms with van der Waals surface area (Å²) in [4.78, 5) is 10.2. The van der Waals surface area contributed by atoms with Crippen molar-refractivity contribution in [2.24, 2.45) is 5.10 Å². The molecule has 0 spiro atoms. The molecule has 0 bridgehead atoms. The van der Waals surface area contributed by atoms with E-state index in [1.165, 1.54) is 31.4 Å². The molecule has 0 aliphatic heterocycles. The summed E-state index contributed by atoms with van der Waals surface area (Å²) in [6, 6.07) is 17.4. The van der Waals surface area contributed by atoms with E-state index in [2.05, 4.69) is 10.5 Å². The van der Waals surface area contributed by atoms with Gasteiger partial charge < -0.3 is 9.47 Å². The van der Waals surface area contributed by atoms with Crippen LogP contribution >= 0.6 is 0 Å². The standard InChI is InChI=1S/C21H18FN3O4/c1-28-21-12-16(13-23-24-18-7-9-19(10-8-18)25(26)27)4-11-20(21)29-14-15-2-5-17(22)6-3-15/h2-13,24H,14H2,1H3/b23-13-. The molecule has 29 heavy (non-hydrogen) atoms. The van der Waals surface area contributed by atoms with Crippen LogP contribution in [0.15, 0.2) is 71.8 Å². The van der Waals surface area contributed by atoms with Gasteiger partial charge in [0, 0.05) is 12.1 Å².